The number of hydrogen-bond acceptors (Lipinski definition) is 2. The van der Waals surface area contributed by atoms with E-state index < -0.39 is 17.7 Å². The second-order valence-electron chi connectivity index (χ2n) is 5.22. The molecule has 0 aliphatic rings. The Kier molecular flexibility index (Phi) is 7.80. The molecule has 0 radical (unpaired) electrons. The van der Waals surface area contributed by atoms with Crippen molar-refractivity contribution in [1.82, 2.24) is 4.57 Å². The monoisotopic (exact) mass is 379 g/mol. The third-order valence-corrected chi connectivity index (χ3v) is 3.39. The van der Waals surface area contributed by atoms with Gasteiger partial charge in [0.25, 0.3) is 0 Å². The highest BCUT2D eigenvalue weighted by atomic mass is 19.4. The van der Waals surface area contributed by atoms with Crippen LogP contribution in [-0.2, 0) is 6.18 Å². The lowest BCUT2D eigenvalue weighted by molar-refractivity contribution is -0.137. The quantitative estimate of drug-likeness (QED) is 0.606. The maximum atomic E-state index is 12.8. The van der Waals surface area contributed by atoms with Gasteiger partial charge in [-0.3, -0.25) is 0 Å². The SMILES string of the molecule is C=CC.CO.O=C(O)c1ccc2c(ccn2-c2cccc(C(F)(F)F)c2)c1. The molecule has 0 bridgehead atoms. The van der Waals surface area contributed by atoms with E-state index in [4.69, 9.17) is 10.2 Å². The fourth-order valence-corrected chi connectivity index (χ4v) is 2.33. The van der Waals surface area contributed by atoms with Crippen molar-refractivity contribution in [3.05, 3.63) is 78.5 Å². The molecule has 144 valence electrons. The van der Waals surface area contributed by atoms with E-state index in [9.17, 15) is 18.0 Å². The second-order valence-corrected chi connectivity index (χ2v) is 5.22. The minimum atomic E-state index is -4.41. The van der Waals surface area contributed by atoms with Gasteiger partial charge in [0.1, 0.15) is 0 Å². The lowest BCUT2D eigenvalue weighted by atomic mass is 10.1. The molecule has 0 unspecified atom stereocenters. The first-order valence-electron chi connectivity index (χ1n) is 7.81. The molecule has 2 aromatic carbocycles. The summed E-state index contributed by atoms with van der Waals surface area (Å²) >= 11 is 0. The molecule has 0 fully saturated rings. The maximum Gasteiger partial charge on any atom is 0.416 e. The number of carboxylic acids is 1. The highest BCUT2D eigenvalue weighted by molar-refractivity contribution is 5.94. The number of benzene rings is 2. The molecule has 0 aliphatic heterocycles. The van der Waals surface area contributed by atoms with Gasteiger partial charge in [0.05, 0.1) is 16.6 Å². The molecule has 7 heteroatoms. The molecule has 0 saturated carbocycles. The van der Waals surface area contributed by atoms with E-state index >= 15 is 0 Å². The Morgan fingerprint density at radius 3 is 2.30 bits per heavy atom. The average Bonchev–Trinajstić information content (AvgIpc) is 3.06. The zero-order chi connectivity index (χ0) is 20.6. The first-order valence-corrected chi connectivity index (χ1v) is 7.81. The molecule has 0 amide bonds. The Hall–Kier alpha value is -3.06. The normalized spacial score (nSPS) is 10.3. The van der Waals surface area contributed by atoms with E-state index in [1.54, 1.807) is 35.0 Å². The lowest BCUT2D eigenvalue weighted by Gasteiger charge is -2.10. The molecule has 27 heavy (non-hydrogen) atoms. The van der Waals surface area contributed by atoms with Gasteiger partial charge in [-0.15, -0.1) is 6.58 Å². The van der Waals surface area contributed by atoms with Crippen LogP contribution >= 0.6 is 0 Å². The summed E-state index contributed by atoms with van der Waals surface area (Å²) in [6.45, 7) is 5.25. The number of nitrogens with zero attached hydrogens (tertiary/aromatic N) is 1. The van der Waals surface area contributed by atoms with E-state index in [1.165, 1.54) is 18.2 Å². The van der Waals surface area contributed by atoms with Crippen LogP contribution in [0.25, 0.3) is 16.6 Å². The van der Waals surface area contributed by atoms with Gasteiger partial charge in [-0.1, -0.05) is 12.1 Å². The van der Waals surface area contributed by atoms with Gasteiger partial charge in [-0.25, -0.2) is 4.79 Å². The predicted octanol–water partition coefficient (Wildman–Crippen LogP) is 5.15. The number of aliphatic hydroxyl groups excluding tert-OH is 1. The number of fused-ring (bicyclic) bond motifs is 1. The van der Waals surface area contributed by atoms with E-state index in [-0.39, 0.29) is 5.56 Å². The highest BCUT2D eigenvalue weighted by Gasteiger charge is 2.30. The van der Waals surface area contributed by atoms with Crippen LogP contribution in [0.1, 0.15) is 22.8 Å². The molecule has 3 aromatic rings. The zero-order valence-corrected chi connectivity index (χ0v) is 14.9. The molecule has 2 N–H and O–H groups in total. The summed E-state index contributed by atoms with van der Waals surface area (Å²) in [5.41, 5.74) is 0.417. The van der Waals surface area contributed by atoms with Crippen LogP contribution in [0.4, 0.5) is 13.2 Å². The first-order chi connectivity index (χ1) is 12.8. The summed E-state index contributed by atoms with van der Waals surface area (Å²) in [5, 5.41) is 16.6. The van der Waals surface area contributed by atoms with Crippen LogP contribution in [-0.4, -0.2) is 27.9 Å². The molecule has 1 aromatic heterocycles. The standard InChI is InChI=1S/C16H10F3NO2.C3H6.CH4O/c17-16(18,19)12-2-1-3-13(9-12)20-7-6-10-8-11(15(21)22)4-5-14(10)20;1-3-2;1-2/h1-9H,(H,21,22);3H,1H2,2H3;2H,1H3. The zero-order valence-electron chi connectivity index (χ0n) is 14.9. The topological polar surface area (TPSA) is 62.5 Å². The van der Waals surface area contributed by atoms with Crippen molar-refractivity contribution in [2.75, 3.05) is 7.11 Å². The van der Waals surface area contributed by atoms with Crippen LogP contribution in [0.15, 0.2) is 67.4 Å². The van der Waals surface area contributed by atoms with Crippen molar-refractivity contribution in [2.45, 2.75) is 13.1 Å². The average molecular weight is 379 g/mol. The van der Waals surface area contributed by atoms with Gasteiger partial charge < -0.3 is 14.8 Å². The van der Waals surface area contributed by atoms with E-state index in [0.717, 1.165) is 19.2 Å². The van der Waals surface area contributed by atoms with Crippen molar-refractivity contribution in [3.8, 4) is 5.69 Å². The Morgan fingerprint density at radius 1 is 1.11 bits per heavy atom. The van der Waals surface area contributed by atoms with Crippen molar-refractivity contribution in [3.63, 3.8) is 0 Å². The first kappa shape index (κ1) is 22.0. The smallest absolute Gasteiger partial charge is 0.416 e. The van der Waals surface area contributed by atoms with Crippen molar-refractivity contribution in [2.24, 2.45) is 0 Å². The van der Waals surface area contributed by atoms with Crippen molar-refractivity contribution >= 4 is 16.9 Å². The minimum Gasteiger partial charge on any atom is -0.478 e. The van der Waals surface area contributed by atoms with Gasteiger partial charge in [0.2, 0.25) is 0 Å². The van der Waals surface area contributed by atoms with Gasteiger partial charge in [-0.2, -0.15) is 13.2 Å². The molecule has 3 rings (SSSR count). The van der Waals surface area contributed by atoms with Crippen LogP contribution in [0.2, 0.25) is 0 Å². The Morgan fingerprint density at radius 2 is 1.74 bits per heavy atom. The fourth-order valence-electron chi connectivity index (χ4n) is 2.33. The van der Waals surface area contributed by atoms with Gasteiger partial charge >= 0.3 is 12.1 Å². The Balaban J connectivity index is 0.000000665. The number of rotatable bonds is 2. The molecular weight excluding hydrogens is 359 g/mol. The van der Waals surface area contributed by atoms with E-state index in [0.29, 0.717) is 16.6 Å². The Bertz CT molecular complexity index is 914. The summed E-state index contributed by atoms with van der Waals surface area (Å²) in [7, 11) is 1.00. The van der Waals surface area contributed by atoms with Crippen LogP contribution < -0.4 is 0 Å². The van der Waals surface area contributed by atoms with Crippen molar-refractivity contribution < 1.29 is 28.2 Å². The third-order valence-electron chi connectivity index (χ3n) is 3.39. The summed E-state index contributed by atoms with van der Waals surface area (Å²) in [6.07, 6.45) is -1.04. The number of alkyl halides is 3. The fraction of sp³-hybridized carbons (Fsp3) is 0.150. The number of aliphatic hydroxyl groups is 1. The number of carboxylic acid groups (broad SMARTS) is 1. The highest BCUT2D eigenvalue weighted by Crippen LogP contribution is 2.31. The molecule has 1 heterocycles. The molecule has 0 atom stereocenters. The molecule has 4 nitrogen and oxygen atoms in total. The largest absolute Gasteiger partial charge is 0.478 e. The second kappa shape index (κ2) is 9.59. The number of aromatic carboxylic acids is 1. The predicted molar refractivity (Wildman–Crippen MR) is 99.3 cm³/mol. The Labute approximate surface area is 154 Å². The number of halogens is 3. The lowest BCUT2D eigenvalue weighted by Crippen LogP contribution is -2.05. The van der Waals surface area contributed by atoms with Crippen LogP contribution in [0.5, 0.6) is 0 Å². The third kappa shape index (κ3) is 5.46. The van der Waals surface area contributed by atoms with Gasteiger partial charge in [-0.05, 0) is 49.4 Å². The number of carbonyl (C=O) groups is 1. The number of hydrogen-bond donors (Lipinski definition) is 2. The van der Waals surface area contributed by atoms with Gasteiger partial charge in [0.15, 0.2) is 0 Å². The van der Waals surface area contributed by atoms with E-state index in [2.05, 4.69) is 6.58 Å². The minimum absolute atomic E-state index is 0.134. The van der Waals surface area contributed by atoms with Crippen LogP contribution in [0.3, 0.4) is 0 Å². The number of aromatic nitrogens is 1. The molecule has 0 saturated heterocycles. The van der Waals surface area contributed by atoms with Gasteiger partial charge in [0, 0.05) is 24.4 Å². The molecular formula is C20H20F3NO3. The molecule has 0 aliphatic carbocycles. The summed E-state index contributed by atoms with van der Waals surface area (Å²) in [4.78, 5) is 10.9. The van der Waals surface area contributed by atoms with Crippen molar-refractivity contribution in [1.29, 1.82) is 0 Å². The number of allylic oxidation sites excluding steroid dienone is 1. The summed E-state index contributed by atoms with van der Waals surface area (Å²) in [6, 6.07) is 11.1. The summed E-state index contributed by atoms with van der Waals surface area (Å²) < 4.78 is 40.0. The maximum absolute atomic E-state index is 12.8. The summed E-state index contributed by atoms with van der Waals surface area (Å²) in [5.74, 6) is -1.05. The molecule has 0 spiro atoms. The van der Waals surface area contributed by atoms with Crippen LogP contribution in [0, 0.1) is 0 Å². The van der Waals surface area contributed by atoms with E-state index in [1.807, 2.05) is 6.92 Å².